The fraction of sp³-hybridized carbons (Fsp3) is 0.333. The molecule has 0 amide bonds. The summed E-state index contributed by atoms with van der Waals surface area (Å²) < 4.78 is 22.3. The molecule has 2 aromatic heterocycles. The fourth-order valence-corrected chi connectivity index (χ4v) is 3.36. The van der Waals surface area contributed by atoms with E-state index >= 15 is 0 Å². The topological polar surface area (TPSA) is 104 Å². The number of furan rings is 2. The van der Waals surface area contributed by atoms with Gasteiger partial charge in [-0.15, -0.1) is 0 Å². The second-order valence-corrected chi connectivity index (χ2v) is 6.54. The predicted molar refractivity (Wildman–Crippen MR) is 66.5 cm³/mol. The molecule has 0 aliphatic carbocycles. The monoisotopic (exact) mass is 286 g/mol. The zero-order valence-electron chi connectivity index (χ0n) is 10.2. The van der Waals surface area contributed by atoms with Crippen LogP contribution in [0.15, 0.2) is 33.5 Å². The lowest BCUT2D eigenvalue weighted by atomic mass is 10.3. The third kappa shape index (κ3) is 3.36. The summed E-state index contributed by atoms with van der Waals surface area (Å²) in [6.45, 7) is -0.483. The lowest BCUT2D eigenvalue weighted by Gasteiger charge is -2.10. The van der Waals surface area contributed by atoms with Crippen LogP contribution in [-0.4, -0.2) is 15.1 Å². The van der Waals surface area contributed by atoms with Crippen molar-refractivity contribution in [1.29, 1.82) is 0 Å². The summed E-state index contributed by atoms with van der Waals surface area (Å²) in [5.74, 6) is 0.593. The van der Waals surface area contributed by atoms with Crippen molar-refractivity contribution in [3.8, 4) is 0 Å². The second kappa shape index (κ2) is 5.75. The van der Waals surface area contributed by atoms with E-state index in [2.05, 4.69) is 0 Å². The van der Waals surface area contributed by atoms with Crippen molar-refractivity contribution in [3.05, 3.63) is 47.3 Å². The summed E-state index contributed by atoms with van der Waals surface area (Å²) in [7, 11) is -3.56. The molecule has 0 aliphatic rings. The number of rotatable bonds is 6. The van der Waals surface area contributed by atoms with Crippen molar-refractivity contribution < 1.29 is 28.5 Å². The number of aliphatic hydroxyl groups is 2. The molecule has 0 spiro atoms. The zero-order chi connectivity index (χ0) is 13.9. The summed E-state index contributed by atoms with van der Waals surface area (Å²) in [5.41, 5.74) is 0.993. The second-order valence-electron chi connectivity index (χ2n) is 4.22. The van der Waals surface area contributed by atoms with Gasteiger partial charge >= 0.3 is 0 Å². The van der Waals surface area contributed by atoms with Gasteiger partial charge in [0.2, 0.25) is 7.37 Å². The van der Waals surface area contributed by atoms with E-state index in [0.29, 0.717) is 22.6 Å². The molecule has 2 rings (SSSR count). The molecular weight excluding hydrogens is 271 g/mol. The van der Waals surface area contributed by atoms with Crippen LogP contribution in [0.3, 0.4) is 0 Å². The fourth-order valence-electron chi connectivity index (χ4n) is 1.80. The lowest BCUT2D eigenvalue weighted by Crippen LogP contribution is -1.96. The maximum Gasteiger partial charge on any atom is 0.215 e. The van der Waals surface area contributed by atoms with Crippen molar-refractivity contribution in [2.45, 2.75) is 25.5 Å². The summed E-state index contributed by atoms with van der Waals surface area (Å²) in [6, 6.07) is 3.11. The maximum atomic E-state index is 12.2. The van der Waals surface area contributed by atoms with Gasteiger partial charge < -0.3 is 23.9 Å². The summed E-state index contributed by atoms with van der Waals surface area (Å²) in [4.78, 5) is 9.97. The molecule has 3 N–H and O–H groups in total. The Kier molecular flexibility index (Phi) is 4.27. The first kappa shape index (κ1) is 14.1. The Balaban J connectivity index is 2.13. The Hall–Kier alpha value is -1.33. The Morgan fingerprint density at radius 3 is 1.74 bits per heavy atom. The average molecular weight is 286 g/mol. The molecule has 2 heterocycles. The molecule has 0 fully saturated rings. The molecule has 0 aliphatic heterocycles. The van der Waals surface area contributed by atoms with Gasteiger partial charge in [-0.3, -0.25) is 4.57 Å². The van der Waals surface area contributed by atoms with Gasteiger partial charge in [-0.25, -0.2) is 0 Å². The standard InChI is InChI=1S/C12H15O6P/c13-5-9-1-3-17-11(9)7-19(15,16)8-12-10(6-14)2-4-18-12/h1-4,13-14H,5-8H2,(H,15,16). The molecule has 2 aromatic rings. The number of hydrogen-bond donors (Lipinski definition) is 3. The van der Waals surface area contributed by atoms with Gasteiger partial charge in [-0.2, -0.15) is 0 Å². The van der Waals surface area contributed by atoms with Gasteiger partial charge in [0.05, 0.1) is 38.1 Å². The van der Waals surface area contributed by atoms with Gasteiger partial charge in [-0.05, 0) is 12.1 Å². The maximum absolute atomic E-state index is 12.2. The van der Waals surface area contributed by atoms with E-state index in [9.17, 15) is 9.46 Å². The molecule has 6 nitrogen and oxygen atoms in total. The van der Waals surface area contributed by atoms with Crippen molar-refractivity contribution >= 4 is 7.37 Å². The van der Waals surface area contributed by atoms with Gasteiger partial charge in [0.25, 0.3) is 0 Å². The highest BCUT2D eigenvalue weighted by molar-refractivity contribution is 7.56. The van der Waals surface area contributed by atoms with Crippen molar-refractivity contribution in [3.63, 3.8) is 0 Å². The van der Waals surface area contributed by atoms with Crippen molar-refractivity contribution in [1.82, 2.24) is 0 Å². The Labute approximate surface area is 109 Å². The summed E-state index contributed by atoms with van der Waals surface area (Å²) in [5, 5.41) is 18.1. The SMILES string of the molecule is O=P(O)(Cc1occc1CO)Cc1occc1CO. The van der Waals surface area contributed by atoms with Gasteiger partial charge in [0.1, 0.15) is 11.5 Å². The van der Waals surface area contributed by atoms with E-state index in [1.807, 2.05) is 0 Å². The number of hydrogen-bond acceptors (Lipinski definition) is 5. The van der Waals surface area contributed by atoms with Crippen molar-refractivity contribution in [2.75, 3.05) is 0 Å². The quantitative estimate of drug-likeness (QED) is 0.700. The van der Waals surface area contributed by atoms with Crippen molar-refractivity contribution in [2.24, 2.45) is 0 Å². The first-order chi connectivity index (χ1) is 9.05. The van der Waals surface area contributed by atoms with E-state index in [1.165, 1.54) is 12.5 Å². The largest absolute Gasteiger partial charge is 0.468 e. The summed E-state index contributed by atoms with van der Waals surface area (Å²) in [6.07, 6.45) is 2.38. The van der Waals surface area contributed by atoms with Crippen LogP contribution in [0.25, 0.3) is 0 Å². The Bertz CT molecular complexity index is 536. The van der Waals surface area contributed by atoms with E-state index in [1.54, 1.807) is 12.1 Å². The van der Waals surface area contributed by atoms with E-state index in [4.69, 9.17) is 19.0 Å². The molecule has 19 heavy (non-hydrogen) atoms. The first-order valence-electron chi connectivity index (χ1n) is 5.69. The van der Waals surface area contributed by atoms with Crippen LogP contribution in [0.5, 0.6) is 0 Å². The molecule has 7 heteroatoms. The molecule has 0 radical (unpaired) electrons. The third-order valence-electron chi connectivity index (χ3n) is 2.80. The van der Waals surface area contributed by atoms with E-state index < -0.39 is 7.37 Å². The smallest absolute Gasteiger partial charge is 0.215 e. The Morgan fingerprint density at radius 1 is 0.947 bits per heavy atom. The van der Waals surface area contributed by atoms with E-state index in [0.717, 1.165) is 0 Å². The van der Waals surface area contributed by atoms with Crippen LogP contribution in [0.4, 0.5) is 0 Å². The molecule has 0 unspecified atom stereocenters. The minimum absolute atomic E-state index is 0.179. The third-order valence-corrected chi connectivity index (χ3v) is 4.36. The normalized spacial score (nSPS) is 11.9. The molecule has 0 aromatic carbocycles. The van der Waals surface area contributed by atoms with Crippen LogP contribution in [-0.2, 0) is 30.1 Å². The molecule has 0 saturated carbocycles. The molecular formula is C12H15O6P. The van der Waals surface area contributed by atoms with Crippen LogP contribution in [0.2, 0.25) is 0 Å². The van der Waals surface area contributed by atoms with Crippen LogP contribution in [0.1, 0.15) is 22.6 Å². The van der Waals surface area contributed by atoms with Gasteiger partial charge in [0, 0.05) is 11.1 Å². The van der Waals surface area contributed by atoms with Gasteiger partial charge in [-0.1, -0.05) is 0 Å². The van der Waals surface area contributed by atoms with Crippen LogP contribution >= 0.6 is 7.37 Å². The lowest BCUT2D eigenvalue weighted by molar-refractivity contribution is 0.278. The zero-order valence-corrected chi connectivity index (χ0v) is 11.0. The summed E-state index contributed by atoms with van der Waals surface area (Å²) >= 11 is 0. The highest BCUT2D eigenvalue weighted by Crippen LogP contribution is 2.49. The van der Waals surface area contributed by atoms with Crippen LogP contribution < -0.4 is 0 Å². The predicted octanol–water partition coefficient (Wildman–Crippen LogP) is 1.83. The van der Waals surface area contributed by atoms with Gasteiger partial charge in [0.15, 0.2) is 0 Å². The molecule has 104 valence electrons. The highest BCUT2D eigenvalue weighted by atomic mass is 31.2. The van der Waals surface area contributed by atoms with Crippen LogP contribution in [0, 0.1) is 0 Å². The highest BCUT2D eigenvalue weighted by Gasteiger charge is 2.25. The minimum Gasteiger partial charge on any atom is -0.468 e. The molecule has 0 saturated heterocycles. The first-order valence-corrected chi connectivity index (χ1v) is 7.72. The molecule has 0 atom stereocenters. The minimum atomic E-state index is -3.56. The number of aliphatic hydroxyl groups excluding tert-OH is 2. The Morgan fingerprint density at radius 2 is 1.37 bits per heavy atom. The molecule has 0 bridgehead atoms. The van der Waals surface area contributed by atoms with E-state index in [-0.39, 0.29) is 25.5 Å². The average Bonchev–Trinajstić information content (AvgIpc) is 2.96.